The summed E-state index contributed by atoms with van der Waals surface area (Å²) in [4.78, 5) is 36.2. The molecule has 1 aliphatic rings. The van der Waals surface area contributed by atoms with Crippen molar-refractivity contribution in [2.45, 2.75) is 26.7 Å². The van der Waals surface area contributed by atoms with Crippen LogP contribution >= 0.6 is 0 Å². The second kappa shape index (κ2) is 10.2. The number of nitrogens with zero attached hydrogens (tertiary/aromatic N) is 1. The number of carbonyl (C=O) groups is 2. The molecule has 1 aromatic rings. The van der Waals surface area contributed by atoms with E-state index in [0.29, 0.717) is 17.0 Å². The normalized spacial score (nSPS) is 16.7. The number of allylic oxidation sites excluding steroid dienone is 5. The molecular formula is C22H24N2O6. The van der Waals surface area contributed by atoms with Crippen LogP contribution in [0.1, 0.15) is 32.3 Å². The number of hydrogen-bond donors (Lipinski definition) is 1. The molecule has 1 N–H and O–H groups in total. The molecule has 8 heteroatoms. The number of nitrogens with one attached hydrogen (secondary N) is 1. The average Bonchev–Trinajstić information content (AvgIpc) is 2.72. The summed E-state index contributed by atoms with van der Waals surface area (Å²) < 4.78 is 10.3. The molecule has 8 nitrogen and oxygen atoms in total. The molecule has 0 bridgehead atoms. The van der Waals surface area contributed by atoms with Crippen molar-refractivity contribution in [3.63, 3.8) is 0 Å². The summed E-state index contributed by atoms with van der Waals surface area (Å²) >= 11 is 0. The van der Waals surface area contributed by atoms with Gasteiger partial charge in [0.25, 0.3) is 5.69 Å². The first-order valence-electron chi connectivity index (χ1n) is 9.28. The van der Waals surface area contributed by atoms with Gasteiger partial charge < -0.3 is 14.8 Å². The second-order valence-electron chi connectivity index (χ2n) is 6.53. The van der Waals surface area contributed by atoms with Gasteiger partial charge in [-0.3, -0.25) is 10.1 Å². The lowest BCUT2D eigenvalue weighted by molar-refractivity contribution is -0.384. The van der Waals surface area contributed by atoms with Crippen LogP contribution in [0.15, 0.2) is 71.1 Å². The monoisotopic (exact) mass is 412 g/mol. The molecule has 0 spiro atoms. The number of methoxy groups -OCH3 is 1. The quantitative estimate of drug-likeness (QED) is 0.315. The summed E-state index contributed by atoms with van der Waals surface area (Å²) in [5.74, 6) is -2.14. The number of carbonyl (C=O) groups excluding carboxylic acids is 2. The number of benzene rings is 1. The molecule has 0 saturated heterocycles. The Bertz CT molecular complexity index is 972. The number of dihydropyridines is 1. The number of esters is 2. The second-order valence-corrected chi connectivity index (χ2v) is 6.53. The molecule has 30 heavy (non-hydrogen) atoms. The van der Waals surface area contributed by atoms with E-state index in [1.807, 2.05) is 13.0 Å². The lowest BCUT2D eigenvalue weighted by Crippen LogP contribution is -2.32. The van der Waals surface area contributed by atoms with E-state index in [9.17, 15) is 19.7 Å². The molecule has 1 aliphatic heterocycles. The van der Waals surface area contributed by atoms with Crippen LogP contribution in [0.2, 0.25) is 0 Å². The van der Waals surface area contributed by atoms with Crippen molar-refractivity contribution in [3.05, 3.63) is 86.8 Å². The smallest absolute Gasteiger partial charge is 0.337 e. The Balaban J connectivity index is 2.53. The number of ether oxygens (including phenoxy) is 2. The Morgan fingerprint density at radius 1 is 1.17 bits per heavy atom. The maximum absolute atomic E-state index is 12.9. The van der Waals surface area contributed by atoms with Gasteiger partial charge in [-0.2, -0.15) is 0 Å². The molecule has 1 unspecified atom stereocenters. The molecule has 0 aromatic heterocycles. The van der Waals surface area contributed by atoms with Crippen molar-refractivity contribution in [2.75, 3.05) is 13.7 Å². The van der Waals surface area contributed by atoms with E-state index in [1.165, 1.54) is 25.3 Å². The van der Waals surface area contributed by atoms with Crippen molar-refractivity contribution in [2.24, 2.45) is 0 Å². The van der Waals surface area contributed by atoms with Crippen molar-refractivity contribution >= 4 is 17.6 Å². The van der Waals surface area contributed by atoms with Crippen LogP contribution in [0.5, 0.6) is 0 Å². The maximum Gasteiger partial charge on any atom is 0.337 e. The fourth-order valence-electron chi connectivity index (χ4n) is 3.24. The number of rotatable bonds is 7. The van der Waals surface area contributed by atoms with Crippen molar-refractivity contribution in [1.82, 2.24) is 5.32 Å². The predicted molar refractivity (Wildman–Crippen MR) is 111 cm³/mol. The first kappa shape index (κ1) is 22.6. The Kier molecular flexibility index (Phi) is 7.69. The Hall–Kier alpha value is -3.68. The van der Waals surface area contributed by atoms with E-state index < -0.39 is 22.8 Å². The van der Waals surface area contributed by atoms with Crippen LogP contribution in [-0.4, -0.2) is 30.6 Å². The van der Waals surface area contributed by atoms with Gasteiger partial charge in [0.1, 0.15) is 6.61 Å². The maximum atomic E-state index is 12.9. The number of nitro benzene ring substituents is 1. The Labute approximate surface area is 174 Å². The molecule has 2 rings (SSSR count). The molecule has 0 aliphatic carbocycles. The van der Waals surface area contributed by atoms with Crippen LogP contribution in [0.3, 0.4) is 0 Å². The molecule has 0 saturated carbocycles. The average molecular weight is 412 g/mol. The summed E-state index contributed by atoms with van der Waals surface area (Å²) in [7, 11) is 1.24. The zero-order chi connectivity index (χ0) is 22.3. The first-order chi connectivity index (χ1) is 14.3. The highest BCUT2D eigenvalue weighted by Crippen LogP contribution is 2.40. The Morgan fingerprint density at radius 2 is 1.83 bits per heavy atom. The zero-order valence-corrected chi connectivity index (χ0v) is 17.3. The highest BCUT2D eigenvalue weighted by molar-refractivity contribution is 5.99. The van der Waals surface area contributed by atoms with Gasteiger partial charge >= 0.3 is 11.9 Å². The SMILES string of the molecule is C/C=C/C=C/COC(=O)C1=C(C)NC(C)=C(C(=O)OC)C1c1cccc([N+](=O)[O-])c1. The number of non-ortho nitro benzene ring substituents is 1. The fourth-order valence-corrected chi connectivity index (χ4v) is 3.24. The lowest BCUT2D eigenvalue weighted by atomic mass is 9.80. The van der Waals surface area contributed by atoms with Gasteiger partial charge in [0.15, 0.2) is 0 Å². The van der Waals surface area contributed by atoms with E-state index >= 15 is 0 Å². The minimum absolute atomic E-state index is 0.0395. The third kappa shape index (κ3) is 5.02. The molecular weight excluding hydrogens is 388 g/mol. The van der Waals surface area contributed by atoms with Crippen LogP contribution in [0, 0.1) is 10.1 Å². The van der Waals surface area contributed by atoms with Crippen LogP contribution in [-0.2, 0) is 19.1 Å². The largest absolute Gasteiger partial charge is 0.466 e. The molecule has 158 valence electrons. The molecule has 0 fully saturated rings. The predicted octanol–water partition coefficient (Wildman–Crippen LogP) is 3.68. The summed E-state index contributed by atoms with van der Waals surface area (Å²) in [6.45, 7) is 5.28. The van der Waals surface area contributed by atoms with Crippen molar-refractivity contribution in [3.8, 4) is 0 Å². The first-order valence-corrected chi connectivity index (χ1v) is 9.28. The summed E-state index contributed by atoms with van der Waals surface area (Å²) in [6, 6.07) is 5.84. The number of nitro groups is 1. The third-order valence-electron chi connectivity index (χ3n) is 4.55. The molecule has 1 aromatic carbocycles. The topological polar surface area (TPSA) is 108 Å². The van der Waals surface area contributed by atoms with Gasteiger partial charge in [-0.05, 0) is 32.4 Å². The van der Waals surface area contributed by atoms with Gasteiger partial charge in [0.05, 0.1) is 29.1 Å². The van der Waals surface area contributed by atoms with E-state index in [-0.39, 0.29) is 23.4 Å². The number of hydrogen-bond acceptors (Lipinski definition) is 7. The fraction of sp³-hybridized carbons (Fsp3) is 0.273. The van der Waals surface area contributed by atoms with E-state index in [0.717, 1.165) is 0 Å². The minimum Gasteiger partial charge on any atom is -0.466 e. The lowest BCUT2D eigenvalue weighted by Gasteiger charge is -2.30. The highest BCUT2D eigenvalue weighted by atomic mass is 16.6. The van der Waals surface area contributed by atoms with Gasteiger partial charge in [-0.15, -0.1) is 0 Å². The van der Waals surface area contributed by atoms with E-state index in [2.05, 4.69) is 5.32 Å². The molecule has 0 radical (unpaired) electrons. The van der Waals surface area contributed by atoms with Crippen molar-refractivity contribution < 1.29 is 24.0 Å². The zero-order valence-electron chi connectivity index (χ0n) is 17.3. The van der Waals surface area contributed by atoms with Crippen LogP contribution < -0.4 is 5.32 Å². The van der Waals surface area contributed by atoms with Crippen LogP contribution in [0.25, 0.3) is 0 Å². The standard InChI is InChI=1S/C22H24N2O6/c1-5-6-7-8-12-30-22(26)19-15(3)23-14(2)18(21(25)29-4)20(19)16-10-9-11-17(13-16)24(27)28/h5-11,13,20,23H,12H2,1-4H3/b6-5+,8-7+. The molecule has 0 amide bonds. The summed E-state index contributed by atoms with van der Waals surface area (Å²) in [5, 5.41) is 14.3. The molecule has 1 atom stereocenters. The highest BCUT2D eigenvalue weighted by Gasteiger charge is 2.38. The third-order valence-corrected chi connectivity index (χ3v) is 4.55. The van der Waals surface area contributed by atoms with Crippen LogP contribution in [0.4, 0.5) is 5.69 Å². The summed E-state index contributed by atoms with van der Waals surface area (Å²) in [5.41, 5.74) is 1.66. The van der Waals surface area contributed by atoms with E-state index in [4.69, 9.17) is 9.47 Å². The minimum atomic E-state index is -0.870. The Morgan fingerprint density at radius 3 is 2.43 bits per heavy atom. The summed E-state index contributed by atoms with van der Waals surface area (Å²) in [6.07, 6.45) is 7.06. The van der Waals surface area contributed by atoms with Gasteiger partial charge in [-0.1, -0.05) is 30.4 Å². The van der Waals surface area contributed by atoms with Gasteiger partial charge in [-0.25, -0.2) is 9.59 Å². The van der Waals surface area contributed by atoms with E-state index in [1.54, 1.807) is 38.1 Å². The van der Waals surface area contributed by atoms with Crippen molar-refractivity contribution in [1.29, 1.82) is 0 Å². The van der Waals surface area contributed by atoms with Gasteiger partial charge in [0, 0.05) is 23.5 Å². The molecule has 1 heterocycles. The van der Waals surface area contributed by atoms with Gasteiger partial charge in [0.2, 0.25) is 0 Å².